The van der Waals surface area contributed by atoms with Gasteiger partial charge in [-0.15, -0.1) is 0 Å². The van der Waals surface area contributed by atoms with Crippen molar-refractivity contribution in [2.75, 3.05) is 45.9 Å². The average molecular weight is 268 g/mol. The molecule has 2 aliphatic heterocycles. The van der Waals surface area contributed by atoms with Gasteiger partial charge in [0.15, 0.2) is 0 Å². The quantitative estimate of drug-likeness (QED) is 0.776. The van der Waals surface area contributed by atoms with Crippen LogP contribution in [0.1, 0.15) is 33.1 Å². The summed E-state index contributed by atoms with van der Waals surface area (Å²) in [4.78, 5) is 16.6. The van der Waals surface area contributed by atoms with Gasteiger partial charge < -0.3 is 9.64 Å². The molecule has 0 bridgehead atoms. The molecule has 0 unspecified atom stereocenters. The van der Waals surface area contributed by atoms with E-state index in [1.165, 1.54) is 19.4 Å². The lowest BCUT2D eigenvalue weighted by Gasteiger charge is -2.37. The Labute approximate surface area is 117 Å². The van der Waals surface area contributed by atoms with Crippen molar-refractivity contribution in [3.05, 3.63) is 0 Å². The normalized spacial score (nSPS) is 23.0. The Morgan fingerprint density at radius 3 is 2.37 bits per heavy atom. The van der Waals surface area contributed by atoms with Crippen LogP contribution in [0.5, 0.6) is 0 Å². The van der Waals surface area contributed by atoms with Crippen LogP contribution in [0.25, 0.3) is 0 Å². The van der Waals surface area contributed by atoms with Crippen LogP contribution < -0.4 is 0 Å². The minimum Gasteiger partial charge on any atom is -0.381 e. The molecule has 0 N–H and O–H groups in total. The number of nitrogens with zero attached hydrogens (tertiary/aromatic N) is 2. The van der Waals surface area contributed by atoms with Crippen LogP contribution in [0, 0.1) is 11.8 Å². The number of amides is 1. The summed E-state index contributed by atoms with van der Waals surface area (Å²) in [5.74, 6) is 1.60. The van der Waals surface area contributed by atoms with Gasteiger partial charge in [0.25, 0.3) is 0 Å². The minimum absolute atomic E-state index is 0.334. The lowest BCUT2D eigenvalue weighted by atomic mass is 9.99. The van der Waals surface area contributed by atoms with E-state index >= 15 is 0 Å². The maximum absolute atomic E-state index is 12.0. The molecule has 2 saturated heterocycles. The summed E-state index contributed by atoms with van der Waals surface area (Å²) in [7, 11) is 0. The van der Waals surface area contributed by atoms with Crippen molar-refractivity contribution in [1.82, 2.24) is 9.80 Å². The molecule has 2 fully saturated rings. The number of piperazine rings is 1. The van der Waals surface area contributed by atoms with Crippen LogP contribution in [-0.2, 0) is 9.53 Å². The van der Waals surface area contributed by atoms with Crippen molar-refractivity contribution >= 4 is 5.91 Å². The zero-order chi connectivity index (χ0) is 13.7. The van der Waals surface area contributed by atoms with Crippen LogP contribution >= 0.6 is 0 Å². The molecule has 2 heterocycles. The first kappa shape index (κ1) is 14.8. The van der Waals surface area contributed by atoms with E-state index in [1.54, 1.807) is 0 Å². The largest absolute Gasteiger partial charge is 0.381 e. The fourth-order valence-corrected chi connectivity index (χ4v) is 2.95. The Hall–Kier alpha value is -0.610. The van der Waals surface area contributed by atoms with Gasteiger partial charge in [-0.05, 0) is 24.7 Å². The van der Waals surface area contributed by atoms with Crippen LogP contribution in [-0.4, -0.2) is 61.6 Å². The Bertz CT molecular complexity index is 280. The van der Waals surface area contributed by atoms with E-state index in [0.29, 0.717) is 18.2 Å². The summed E-state index contributed by atoms with van der Waals surface area (Å²) in [5, 5.41) is 0. The molecule has 0 atom stereocenters. The highest BCUT2D eigenvalue weighted by Gasteiger charge is 2.24. The first-order chi connectivity index (χ1) is 9.15. The molecule has 0 saturated carbocycles. The second kappa shape index (κ2) is 7.25. The molecule has 0 radical (unpaired) electrons. The Morgan fingerprint density at radius 2 is 1.79 bits per heavy atom. The first-order valence-corrected chi connectivity index (χ1v) is 7.73. The van der Waals surface area contributed by atoms with Crippen LogP contribution in [0.2, 0.25) is 0 Å². The fourth-order valence-electron chi connectivity index (χ4n) is 2.95. The molecule has 110 valence electrons. The third kappa shape index (κ3) is 4.77. The van der Waals surface area contributed by atoms with Crippen LogP contribution in [0.4, 0.5) is 0 Å². The van der Waals surface area contributed by atoms with E-state index in [-0.39, 0.29) is 0 Å². The van der Waals surface area contributed by atoms with Crippen molar-refractivity contribution in [1.29, 1.82) is 0 Å². The van der Waals surface area contributed by atoms with Gasteiger partial charge in [-0.1, -0.05) is 13.8 Å². The Balaban J connectivity index is 1.68. The lowest BCUT2D eigenvalue weighted by Crippen LogP contribution is -2.50. The fraction of sp³-hybridized carbons (Fsp3) is 0.933. The molecule has 4 nitrogen and oxygen atoms in total. The third-order valence-corrected chi connectivity index (χ3v) is 4.17. The van der Waals surface area contributed by atoms with E-state index in [4.69, 9.17) is 4.74 Å². The molecule has 2 aliphatic rings. The lowest BCUT2D eigenvalue weighted by molar-refractivity contribution is -0.133. The highest BCUT2D eigenvalue weighted by Crippen LogP contribution is 2.17. The molecular weight excluding hydrogens is 240 g/mol. The van der Waals surface area contributed by atoms with Gasteiger partial charge >= 0.3 is 0 Å². The summed E-state index contributed by atoms with van der Waals surface area (Å²) in [6.07, 6.45) is 3.10. The molecular formula is C15H28N2O2. The molecule has 0 aromatic heterocycles. The minimum atomic E-state index is 0.334. The van der Waals surface area contributed by atoms with Gasteiger partial charge in [0.2, 0.25) is 5.91 Å². The smallest absolute Gasteiger partial charge is 0.222 e. The molecule has 2 rings (SSSR count). The highest BCUT2D eigenvalue weighted by molar-refractivity contribution is 5.76. The molecule has 1 amide bonds. The molecule has 4 heteroatoms. The van der Waals surface area contributed by atoms with Crippen molar-refractivity contribution in [3.8, 4) is 0 Å². The summed E-state index contributed by atoms with van der Waals surface area (Å²) in [6.45, 7) is 11.2. The SMILES string of the molecule is CC(C)CC(=O)N1CCN(CC2CCOCC2)CC1. The third-order valence-electron chi connectivity index (χ3n) is 4.17. The van der Waals surface area contributed by atoms with Crippen molar-refractivity contribution in [2.45, 2.75) is 33.1 Å². The number of ether oxygens (including phenoxy) is 1. The van der Waals surface area contributed by atoms with Crippen molar-refractivity contribution in [3.63, 3.8) is 0 Å². The van der Waals surface area contributed by atoms with E-state index in [9.17, 15) is 4.79 Å². The predicted molar refractivity (Wildman–Crippen MR) is 76.0 cm³/mol. The zero-order valence-electron chi connectivity index (χ0n) is 12.4. The summed E-state index contributed by atoms with van der Waals surface area (Å²) in [6, 6.07) is 0. The first-order valence-electron chi connectivity index (χ1n) is 7.73. The number of hydrogen-bond donors (Lipinski definition) is 0. The summed E-state index contributed by atoms with van der Waals surface area (Å²) < 4.78 is 5.40. The van der Waals surface area contributed by atoms with Gasteiger partial charge in [-0.2, -0.15) is 0 Å². The highest BCUT2D eigenvalue weighted by atomic mass is 16.5. The van der Waals surface area contributed by atoms with Crippen molar-refractivity contribution in [2.24, 2.45) is 11.8 Å². The number of carbonyl (C=O) groups is 1. The maximum Gasteiger partial charge on any atom is 0.222 e. The second-order valence-corrected chi connectivity index (χ2v) is 6.34. The van der Waals surface area contributed by atoms with E-state index in [2.05, 4.69) is 18.7 Å². The monoisotopic (exact) mass is 268 g/mol. The number of carbonyl (C=O) groups excluding carboxylic acids is 1. The van der Waals surface area contributed by atoms with Gasteiger partial charge in [0, 0.05) is 52.4 Å². The molecule has 0 spiro atoms. The molecule has 0 aliphatic carbocycles. The van der Waals surface area contributed by atoms with Gasteiger partial charge in [-0.3, -0.25) is 9.69 Å². The summed E-state index contributed by atoms with van der Waals surface area (Å²) >= 11 is 0. The maximum atomic E-state index is 12.0. The van der Waals surface area contributed by atoms with E-state index in [0.717, 1.165) is 45.3 Å². The van der Waals surface area contributed by atoms with E-state index in [1.807, 2.05) is 4.90 Å². The molecule has 0 aromatic rings. The second-order valence-electron chi connectivity index (χ2n) is 6.34. The van der Waals surface area contributed by atoms with Crippen LogP contribution in [0.15, 0.2) is 0 Å². The number of hydrogen-bond acceptors (Lipinski definition) is 3. The number of rotatable bonds is 4. The van der Waals surface area contributed by atoms with Crippen molar-refractivity contribution < 1.29 is 9.53 Å². The zero-order valence-corrected chi connectivity index (χ0v) is 12.4. The molecule has 0 aromatic carbocycles. The molecule has 19 heavy (non-hydrogen) atoms. The van der Waals surface area contributed by atoms with E-state index < -0.39 is 0 Å². The van der Waals surface area contributed by atoms with Gasteiger partial charge in [0.05, 0.1) is 0 Å². The van der Waals surface area contributed by atoms with Gasteiger partial charge in [0.1, 0.15) is 0 Å². The standard InChI is InChI=1S/C15H28N2O2/c1-13(2)11-15(18)17-7-5-16(6-8-17)12-14-3-9-19-10-4-14/h13-14H,3-12H2,1-2H3. The summed E-state index contributed by atoms with van der Waals surface area (Å²) in [5.41, 5.74) is 0. The average Bonchev–Trinajstić information content (AvgIpc) is 2.40. The topological polar surface area (TPSA) is 32.8 Å². The Morgan fingerprint density at radius 1 is 1.16 bits per heavy atom. The Kier molecular flexibility index (Phi) is 5.64. The van der Waals surface area contributed by atoms with Gasteiger partial charge in [-0.25, -0.2) is 0 Å². The predicted octanol–water partition coefficient (Wildman–Crippen LogP) is 1.60. The van der Waals surface area contributed by atoms with Crippen LogP contribution in [0.3, 0.4) is 0 Å².